The number of anilines is 2. The molecule has 1 amide bonds. The molecule has 1 aliphatic rings. The van der Waals surface area contributed by atoms with Gasteiger partial charge in [0.25, 0.3) is 5.91 Å². The third-order valence-electron chi connectivity index (χ3n) is 3.06. The van der Waals surface area contributed by atoms with Gasteiger partial charge in [0, 0.05) is 23.3 Å². The number of amides is 1. The molecule has 1 atom stereocenters. The lowest BCUT2D eigenvalue weighted by molar-refractivity contribution is -0.119. The van der Waals surface area contributed by atoms with Crippen molar-refractivity contribution in [3.05, 3.63) is 34.9 Å². The standard InChI is InChI=1S/C13H15ClN4O/c1-13(5-2-6-17-13)12(19)18-10-4-3-9(14)8(7-15)11(10)16/h2-6H,7,15-16H2,1H3,(H,18,19)/t13-/m0/s1. The van der Waals surface area contributed by atoms with Crippen molar-refractivity contribution in [1.82, 2.24) is 0 Å². The third kappa shape index (κ3) is 2.47. The zero-order valence-corrected chi connectivity index (χ0v) is 11.2. The van der Waals surface area contributed by atoms with Crippen molar-refractivity contribution in [1.29, 1.82) is 0 Å². The summed E-state index contributed by atoms with van der Waals surface area (Å²) in [5.74, 6) is -0.255. The van der Waals surface area contributed by atoms with Gasteiger partial charge in [0.1, 0.15) is 0 Å². The van der Waals surface area contributed by atoms with E-state index in [4.69, 9.17) is 23.1 Å². The largest absolute Gasteiger partial charge is 0.397 e. The molecular weight excluding hydrogens is 264 g/mol. The van der Waals surface area contributed by atoms with Crippen molar-refractivity contribution in [3.8, 4) is 0 Å². The van der Waals surface area contributed by atoms with Gasteiger partial charge in [-0.25, -0.2) is 0 Å². The molecule has 0 spiro atoms. The number of nitrogens with one attached hydrogen (secondary N) is 1. The zero-order chi connectivity index (χ0) is 14.0. The first-order valence-corrected chi connectivity index (χ1v) is 6.17. The molecule has 0 fully saturated rings. The molecule has 100 valence electrons. The second kappa shape index (κ2) is 5.03. The van der Waals surface area contributed by atoms with Crippen LogP contribution in [0.4, 0.5) is 11.4 Å². The Morgan fingerprint density at radius 2 is 2.26 bits per heavy atom. The molecule has 5 nitrogen and oxygen atoms in total. The average Bonchev–Trinajstić information content (AvgIpc) is 2.82. The van der Waals surface area contributed by atoms with E-state index in [1.807, 2.05) is 0 Å². The fraction of sp³-hybridized carbons (Fsp3) is 0.231. The summed E-state index contributed by atoms with van der Waals surface area (Å²) in [6.07, 6.45) is 5.05. The van der Waals surface area contributed by atoms with Gasteiger partial charge in [-0.1, -0.05) is 11.6 Å². The lowest BCUT2D eigenvalue weighted by atomic mass is 10.0. The summed E-state index contributed by atoms with van der Waals surface area (Å²) in [4.78, 5) is 16.3. The second-order valence-electron chi connectivity index (χ2n) is 4.43. The number of carbonyl (C=O) groups is 1. The fourth-order valence-corrected chi connectivity index (χ4v) is 2.05. The maximum absolute atomic E-state index is 12.2. The van der Waals surface area contributed by atoms with Crippen molar-refractivity contribution < 1.29 is 4.79 Å². The van der Waals surface area contributed by atoms with Crippen molar-refractivity contribution in [2.24, 2.45) is 10.7 Å². The van der Waals surface area contributed by atoms with Crippen molar-refractivity contribution >= 4 is 35.1 Å². The Morgan fingerprint density at radius 1 is 1.53 bits per heavy atom. The molecule has 0 saturated carbocycles. The number of halogens is 1. The van der Waals surface area contributed by atoms with Crippen molar-refractivity contribution in [2.75, 3.05) is 11.1 Å². The summed E-state index contributed by atoms with van der Waals surface area (Å²) in [6.45, 7) is 1.93. The lowest BCUT2D eigenvalue weighted by Crippen LogP contribution is -2.35. The maximum Gasteiger partial charge on any atom is 0.256 e. The molecule has 6 heteroatoms. The number of carbonyl (C=O) groups excluding carboxylic acids is 1. The van der Waals surface area contributed by atoms with Crippen LogP contribution in [0, 0.1) is 0 Å². The van der Waals surface area contributed by atoms with E-state index in [9.17, 15) is 4.79 Å². The van der Waals surface area contributed by atoms with Gasteiger partial charge in [-0.3, -0.25) is 9.79 Å². The van der Waals surface area contributed by atoms with Gasteiger partial charge in [0.2, 0.25) is 0 Å². The monoisotopic (exact) mass is 278 g/mol. The number of hydrogen-bond donors (Lipinski definition) is 3. The Balaban J connectivity index is 2.27. The number of benzene rings is 1. The van der Waals surface area contributed by atoms with Crippen LogP contribution in [0.3, 0.4) is 0 Å². The molecular formula is C13H15ClN4O. The number of hydrogen-bond acceptors (Lipinski definition) is 4. The summed E-state index contributed by atoms with van der Waals surface area (Å²) in [5.41, 5.74) is 12.1. The molecule has 0 bridgehead atoms. The predicted molar refractivity (Wildman–Crippen MR) is 78.4 cm³/mol. The smallest absolute Gasteiger partial charge is 0.256 e. The van der Waals surface area contributed by atoms with Crippen LogP contribution in [-0.4, -0.2) is 17.7 Å². The quantitative estimate of drug-likeness (QED) is 0.735. The normalized spacial score (nSPS) is 20.8. The Morgan fingerprint density at radius 3 is 2.84 bits per heavy atom. The molecule has 2 rings (SSSR count). The molecule has 0 saturated heterocycles. The summed E-state index contributed by atoms with van der Waals surface area (Å²) in [5, 5.41) is 3.24. The number of nitrogens with zero attached hydrogens (tertiary/aromatic N) is 1. The fourth-order valence-electron chi connectivity index (χ4n) is 1.81. The van der Waals surface area contributed by atoms with E-state index in [0.717, 1.165) is 0 Å². The van der Waals surface area contributed by atoms with E-state index < -0.39 is 5.54 Å². The van der Waals surface area contributed by atoms with Crippen LogP contribution in [0.2, 0.25) is 5.02 Å². The zero-order valence-electron chi connectivity index (χ0n) is 10.5. The van der Waals surface area contributed by atoms with Gasteiger partial charge < -0.3 is 16.8 Å². The van der Waals surface area contributed by atoms with Crippen LogP contribution in [0.1, 0.15) is 12.5 Å². The van der Waals surface area contributed by atoms with E-state index in [2.05, 4.69) is 10.3 Å². The molecule has 5 N–H and O–H groups in total. The minimum atomic E-state index is -0.894. The molecule has 19 heavy (non-hydrogen) atoms. The first-order chi connectivity index (χ1) is 8.98. The number of rotatable bonds is 3. The Hall–Kier alpha value is -1.85. The van der Waals surface area contributed by atoms with Gasteiger partial charge in [-0.2, -0.15) is 0 Å². The minimum Gasteiger partial charge on any atom is -0.397 e. The van der Waals surface area contributed by atoms with Gasteiger partial charge in [-0.15, -0.1) is 0 Å². The van der Waals surface area contributed by atoms with Crippen molar-refractivity contribution in [2.45, 2.75) is 19.0 Å². The van der Waals surface area contributed by atoms with Gasteiger partial charge in [0.15, 0.2) is 5.54 Å². The summed E-state index contributed by atoms with van der Waals surface area (Å²) >= 11 is 5.99. The third-order valence-corrected chi connectivity index (χ3v) is 3.42. The highest BCUT2D eigenvalue weighted by atomic mass is 35.5. The van der Waals surface area contributed by atoms with Crippen LogP contribution < -0.4 is 16.8 Å². The molecule has 0 radical (unpaired) electrons. The van der Waals surface area contributed by atoms with E-state index in [-0.39, 0.29) is 12.5 Å². The van der Waals surface area contributed by atoms with Crippen LogP contribution in [0.5, 0.6) is 0 Å². The van der Waals surface area contributed by atoms with E-state index in [0.29, 0.717) is 22.0 Å². The lowest BCUT2D eigenvalue weighted by Gasteiger charge is -2.19. The van der Waals surface area contributed by atoms with Crippen LogP contribution >= 0.6 is 11.6 Å². The Kier molecular flexibility index (Phi) is 3.59. The van der Waals surface area contributed by atoms with Gasteiger partial charge >= 0.3 is 0 Å². The number of aliphatic imine (C=N–C) groups is 1. The highest BCUT2D eigenvalue weighted by molar-refractivity contribution is 6.32. The highest BCUT2D eigenvalue weighted by Crippen LogP contribution is 2.30. The second-order valence-corrected chi connectivity index (χ2v) is 4.84. The molecule has 1 heterocycles. The number of allylic oxidation sites excluding steroid dienone is 1. The van der Waals surface area contributed by atoms with Crippen molar-refractivity contribution in [3.63, 3.8) is 0 Å². The van der Waals surface area contributed by atoms with Crippen LogP contribution in [-0.2, 0) is 11.3 Å². The first kappa shape index (κ1) is 13.6. The topological polar surface area (TPSA) is 93.5 Å². The Labute approximate surface area is 116 Å². The molecule has 0 unspecified atom stereocenters. The van der Waals surface area contributed by atoms with E-state index in [1.54, 1.807) is 37.4 Å². The summed E-state index contributed by atoms with van der Waals surface area (Å²) in [7, 11) is 0. The summed E-state index contributed by atoms with van der Waals surface area (Å²) in [6, 6.07) is 3.31. The minimum absolute atomic E-state index is 0.212. The SMILES string of the molecule is C[C@@]1(C(=O)Nc2ccc(Cl)c(CN)c2N)C=CC=N1. The molecule has 0 aliphatic carbocycles. The number of nitrogens with two attached hydrogens (primary N) is 2. The van der Waals surface area contributed by atoms with Gasteiger partial charge in [0.05, 0.1) is 11.4 Å². The first-order valence-electron chi connectivity index (χ1n) is 5.79. The highest BCUT2D eigenvalue weighted by Gasteiger charge is 2.31. The summed E-state index contributed by atoms with van der Waals surface area (Å²) < 4.78 is 0. The van der Waals surface area contributed by atoms with E-state index >= 15 is 0 Å². The van der Waals surface area contributed by atoms with E-state index in [1.165, 1.54) is 0 Å². The predicted octanol–water partition coefficient (Wildman–Crippen LogP) is 1.72. The van der Waals surface area contributed by atoms with Crippen LogP contribution in [0.25, 0.3) is 0 Å². The Bertz CT molecular complexity index is 568. The molecule has 1 aromatic rings. The average molecular weight is 279 g/mol. The molecule has 1 aromatic carbocycles. The van der Waals surface area contributed by atoms with Crippen LogP contribution in [0.15, 0.2) is 29.3 Å². The molecule has 0 aromatic heterocycles. The van der Waals surface area contributed by atoms with Gasteiger partial charge in [-0.05, 0) is 31.2 Å². The molecule has 1 aliphatic heterocycles. The maximum atomic E-state index is 12.2. The number of nitrogen functional groups attached to an aromatic ring is 1.